The number of anilines is 1. The van der Waals surface area contributed by atoms with Crippen molar-refractivity contribution in [1.82, 2.24) is 4.31 Å². The number of amides is 1. The van der Waals surface area contributed by atoms with E-state index in [9.17, 15) is 13.2 Å². The first-order chi connectivity index (χ1) is 14.2. The zero-order chi connectivity index (χ0) is 21.9. The Balaban J connectivity index is 1.61. The molecule has 6 nitrogen and oxygen atoms in total. The molecule has 3 rings (SSSR count). The predicted octanol–water partition coefficient (Wildman–Crippen LogP) is 2.39. The molecule has 0 bridgehead atoms. The van der Waals surface area contributed by atoms with Crippen LogP contribution in [0.15, 0.2) is 41.3 Å². The second-order valence-corrected chi connectivity index (χ2v) is 10.2. The number of sulfonamides is 1. The first-order valence-corrected chi connectivity index (χ1v) is 12.1. The van der Waals surface area contributed by atoms with Gasteiger partial charge in [-0.2, -0.15) is 4.31 Å². The maximum absolute atomic E-state index is 12.9. The minimum atomic E-state index is -3.73. The Kier molecular flexibility index (Phi) is 7.42. The van der Waals surface area contributed by atoms with Crippen LogP contribution in [0, 0.1) is 6.92 Å². The third kappa shape index (κ3) is 5.15. The van der Waals surface area contributed by atoms with E-state index in [0.717, 1.165) is 28.1 Å². The zero-order valence-electron chi connectivity index (χ0n) is 17.0. The predicted molar refractivity (Wildman–Crippen MR) is 120 cm³/mol. The number of carbonyl (C=O) groups excluding carboxylic acids is 1. The molecule has 1 fully saturated rings. The summed E-state index contributed by atoms with van der Waals surface area (Å²) >= 11 is 12.0. The largest absolute Gasteiger partial charge is 0.325 e. The van der Waals surface area contributed by atoms with Crippen LogP contribution in [0.2, 0.25) is 10.0 Å². The van der Waals surface area contributed by atoms with Gasteiger partial charge in [0.25, 0.3) is 5.91 Å². The van der Waals surface area contributed by atoms with E-state index < -0.39 is 10.0 Å². The van der Waals surface area contributed by atoms with Gasteiger partial charge >= 0.3 is 0 Å². The van der Waals surface area contributed by atoms with Crippen LogP contribution in [-0.4, -0.2) is 51.4 Å². The van der Waals surface area contributed by atoms with Crippen LogP contribution < -0.4 is 10.2 Å². The maximum Gasteiger partial charge on any atom is 0.279 e. The molecule has 0 radical (unpaired) electrons. The number of benzene rings is 2. The number of carbonyl (C=O) groups is 1. The molecule has 30 heavy (non-hydrogen) atoms. The Morgan fingerprint density at radius 2 is 1.87 bits per heavy atom. The van der Waals surface area contributed by atoms with Crippen molar-refractivity contribution in [2.45, 2.75) is 25.2 Å². The van der Waals surface area contributed by atoms with Crippen molar-refractivity contribution in [3.05, 3.63) is 57.6 Å². The lowest BCUT2D eigenvalue weighted by Gasteiger charge is -2.31. The van der Waals surface area contributed by atoms with Crippen LogP contribution in [0.4, 0.5) is 5.69 Å². The van der Waals surface area contributed by atoms with Crippen molar-refractivity contribution in [1.29, 1.82) is 0 Å². The van der Waals surface area contributed by atoms with Gasteiger partial charge in [-0.05, 0) is 42.7 Å². The van der Waals surface area contributed by atoms with Gasteiger partial charge in [0.1, 0.15) is 4.90 Å². The van der Waals surface area contributed by atoms with Crippen molar-refractivity contribution in [3.8, 4) is 0 Å². The summed E-state index contributed by atoms with van der Waals surface area (Å²) in [4.78, 5) is 13.6. The van der Waals surface area contributed by atoms with E-state index in [0.29, 0.717) is 37.7 Å². The minimum Gasteiger partial charge on any atom is -0.325 e. The standard InChI is InChI=1S/C21H25Cl2N3O3S/c1-3-16-6-4-5-15(2)21(16)24-20(27)14-25-9-11-26(12-10-25)30(28,29)19-13-17(22)7-8-18(19)23/h4-8,13H,3,9-12,14H2,1-2H3,(H,24,27)/p+1. The molecule has 0 aliphatic carbocycles. The zero-order valence-corrected chi connectivity index (χ0v) is 19.4. The molecule has 1 aliphatic heterocycles. The smallest absolute Gasteiger partial charge is 0.279 e. The van der Waals surface area contributed by atoms with Crippen molar-refractivity contribution < 1.29 is 18.1 Å². The molecule has 2 aromatic rings. The summed E-state index contributed by atoms with van der Waals surface area (Å²) in [7, 11) is -3.73. The molecule has 162 valence electrons. The molecule has 1 saturated heterocycles. The normalized spacial score (nSPS) is 15.9. The fourth-order valence-corrected chi connectivity index (χ4v) is 5.82. The fourth-order valence-electron chi connectivity index (χ4n) is 3.65. The molecular weight excluding hydrogens is 445 g/mol. The maximum atomic E-state index is 12.9. The summed E-state index contributed by atoms with van der Waals surface area (Å²) in [5.41, 5.74) is 3.01. The lowest BCUT2D eigenvalue weighted by Crippen LogP contribution is -3.15. The number of nitrogens with zero attached hydrogens (tertiary/aromatic N) is 1. The number of piperazine rings is 1. The second-order valence-electron chi connectivity index (χ2n) is 7.42. The highest BCUT2D eigenvalue weighted by atomic mass is 35.5. The molecule has 0 saturated carbocycles. The highest BCUT2D eigenvalue weighted by Crippen LogP contribution is 2.27. The average molecular weight is 471 g/mol. The number of hydrogen-bond donors (Lipinski definition) is 2. The van der Waals surface area contributed by atoms with Gasteiger partial charge in [-0.25, -0.2) is 8.42 Å². The molecule has 0 spiro atoms. The van der Waals surface area contributed by atoms with Crippen LogP contribution >= 0.6 is 23.2 Å². The summed E-state index contributed by atoms with van der Waals surface area (Å²) in [5.74, 6) is -0.0665. The quantitative estimate of drug-likeness (QED) is 0.680. The summed E-state index contributed by atoms with van der Waals surface area (Å²) in [6.07, 6.45) is 0.840. The number of nitrogens with one attached hydrogen (secondary N) is 2. The van der Waals surface area contributed by atoms with Gasteiger partial charge in [0, 0.05) is 10.7 Å². The van der Waals surface area contributed by atoms with Crippen molar-refractivity contribution in [2.24, 2.45) is 0 Å². The van der Waals surface area contributed by atoms with E-state index in [-0.39, 0.29) is 15.8 Å². The number of rotatable bonds is 6. The van der Waals surface area contributed by atoms with Crippen molar-refractivity contribution in [2.75, 3.05) is 38.0 Å². The van der Waals surface area contributed by atoms with Gasteiger partial charge < -0.3 is 10.2 Å². The third-order valence-corrected chi connectivity index (χ3v) is 7.97. The van der Waals surface area contributed by atoms with Crippen LogP contribution in [0.3, 0.4) is 0 Å². The van der Waals surface area contributed by atoms with Gasteiger partial charge in [-0.3, -0.25) is 4.79 Å². The van der Waals surface area contributed by atoms with Gasteiger partial charge in [0.05, 0.1) is 31.2 Å². The molecule has 9 heteroatoms. The summed E-state index contributed by atoms with van der Waals surface area (Å²) in [6, 6.07) is 10.4. The lowest BCUT2D eigenvalue weighted by atomic mass is 10.1. The first kappa shape index (κ1) is 23.0. The Morgan fingerprint density at radius 3 is 2.53 bits per heavy atom. The molecular formula is C21H26Cl2N3O3S+. The Bertz CT molecular complexity index is 1040. The molecule has 1 amide bonds. The van der Waals surface area contributed by atoms with E-state index in [2.05, 4.69) is 12.2 Å². The summed E-state index contributed by atoms with van der Waals surface area (Å²) in [5, 5.41) is 3.51. The molecule has 0 unspecified atom stereocenters. The third-order valence-electron chi connectivity index (χ3n) is 5.36. The Labute approximate surface area is 187 Å². The van der Waals surface area contributed by atoms with Gasteiger partial charge in [-0.1, -0.05) is 48.3 Å². The summed E-state index contributed by atoms with van der Waals surface area (Å²) in [6.45, 7) is 6.05. The van der Waals surface area contributed by atoms with Crippen LogP contribution in [0.5, 0.6) is 0 Å². The van der Waals surface area contributed by atoms with Crippen LogP contribution in [0.1, 0.15) is 18.1 Å². The highest BCUT2D eigenvalue weighted by molar-refractivity contribution is 7.89. The Morgan fingerprint density at radius 1 is 1.17 bits per heavy atom. The average Bonchev–Trinajstić information content (AvgIpc) is 2.71. The molecule has 2 aromatic carbocycles. The van der Waals surface area contributed by atoms with Crippen molar-refractivity contribution >= 4 is 44.8 Å². The summed E-state index contributed by atoms with van der Waals surface area (Å²) < 4.78 is 27.3. The molecule has 0 aromatic heterocycles. The molecule has 0 atom stereocenters. The topological polar surface area (TPSA) is 70.9 Å². The number of halogens is 2. The monoisotopic (exact) mass is 470 g/mol. The molecule has 2 N–H and O–H groups in total. The number of para-hydroxylation sites is 1. The number of hydrogen-bond acceptors (Lipinski definition) is 3. The number of quaternary nitrogens is 1. The molecule has 1 aliphatic rings. The molecule has 1 heterocycles. The number of aryl methyl sites for hydroxylation is 2. The minimum absolute atomic E-state index is 0.0181. The van der Waals surface area contributed by atoms with E-state index in [4.69, 9.17) is 23.2 Å². The van der Waals surface area contributed by atoms with Crippen LogP contribution in [-0.2, 0) is 21.2 Å². The second kappa shape index (κ2) is 9.66. The van der Waals surface area contributed by atoms with E-state index in [1.165, 1.54) is 16.4 Å². The van der Waals surface area contributed by atoms with Gasteiger partial charge in [0.2, 0.25) is 10.0 Å². The van der Waals surface area contributed by atoms with Crippen molar-refractivity contribution in [3.63, 3.8) is 0 Å². The van der Waals surface area contributed by atoms with Crippen LogP contribution in [0.25, 0.3) is 0 Å². The van der Waals surface area contributed by atoms with E-state index in [1.54, 1.807) is 6.07 Å². The van der Waals surface area contributed by atoms with Gasteiger partial charge in [-0.15, -0.1) is 0 Å². The van der Waals surface area contributed by atoms with E-state index in [1.807, 2.05) is 25.1 Å². The SMILES string of the molecule is CCc1cccc(C)c1NC(=O)C[NH+]1CCN(S(=O)(=O)c2cc(Cl)ccc2Cl)CC1. The first-order valence-electron chi connectivity index (χ1n) is 9.89. The lowest BCUT2D eigenvalue weighted by molar-refractivity contribution is -0.895. The fraction of sp³-hybridized carbons (Fsp3) is 0.381. The van der Waals surface area contributed by atoms with Gasteiger partial charge in [0.15, 0.2) is 6.54 Å². The van der Waals surface area contributed by atoms with E-state index >= 15 is 0 Å². The Hall–Kier alpha value is -1.64. The highest BCUT2D eigenvalue weighted by Gasteiger charge is 2.32.